The van der Waals surface area contributed by atoms with E-state index in [0.717, 1.165) is 25.6 Å². The van der Waals surface area contributed by atoms with Crippen LogP contribution in [0.4, 0.5) is 0 Å². The van der Waals surface area contributed by atoms with Gasteiger partial charge in [0.2, 0.25) is 0 Å². The van der Waals surface area contributed by atoms with E-state index >= 15 is 0 Å². The zero-order valence-electron chi connectivity index (χ0n) is 9.58. The number of methoxy groups -OCH3 is 1. The lowest BCUT2D eigenvalue weighted by Crippen LogP contribution is -2.35. The molecule has 1 aliphatic carbocycles. The van der Waals surface area contributed by atoms with E-state index in [1.54, 1.807) is 0 Å². The molecule has 3 heteroatoms. The molecule has 2 aliphatic rings. The van der Waals surface area contributed by atoms with Gasteiger partial charge in [0, 0.05) is 12.6 Å². The number of esters is 1. The highest BCUT2D eigenvalue weighted by Gasteiger charge is 2.33. The molecule has 0 aromatic rings. The molecule has 0 aromatic heterocycles. The summed E-state index contributed by atoms with van der Waals surface area (Å²) < 4.78 is 4.80. The minimum atomic E-state index is -0.0201. The van der Waals surface area contributed by atoms with Gasteiger partial charge in [-0.15, -0.1) is 0 Å². The van der Waals surface area contributed by atoms with E-state index in [4.69, 9.17) is 4.74 Å². The maximum Gasteiger partial charge on any atom is 0.310 e. The predicted molar refractivity (Wildman–Crippen MR) is 58.6 cm³/mol. The van der Waals surface area contributed by atoms with Crippen molar-refractivity contribution < 1.29 is 9.53 Å². The minimum Gasteiger partial charge on any atom is -0.469 e. The fourth-order valence-electron chi connectivity index (χ4n) is 2.92. The Balaban J connectivity index is 1.83. The topological polar surface area (TPSA) is 29.5 Å². The van der Waals surface area contributed by atoms with E-state index in [1.807, 2.05) is 0 Å². The van der Waals surface area contributed by atoms with Crippen LogP contribution in [-0.2, 0) is 9.53 Å². The van der Waals surface area contributed by atoms with E-state index in [2.05, 4.69) is 4.90 Å². The summed E-state index contributed by atoms with van der Waals surface area (Å²) in [7, 11) is 1.49. The second-order valence-electron chi connectivity index (χ2n) is 4.80. The van der Waals surface area contributed by atoms with Gasteiger partial charge in [0.15, 0.2) is 0 Å². The monoisotopic (exact) mass is 211 g/mol. The normalized spacial score (nSPS) is 29.3. The zero-order chi connectivity index (χ0) is 10.7. The second-order valence-corrected chi connectivity index (χ2v) is 4.80. The zero-order valence-corrected chi connectivity index (χ0v) is 9.58. The van der Waals surface area contributed by atoms with E-state index in [0.29, 0.717) is 0 Å². The van der Waals surface area contributed by atoms with Crippen molar-refractivity contribution in [1.29, 1.82) is 0 Å². The van der Waals surface area contributed by atoms with Crippen LogP contribution in [0.3, 0.4) is 0 Å². The molecule has 1 aliphatic heterocycles. The van der Waals surface area contributed by atoms with Crippen LogP contribution in [0, 0.1) is 5.92 Å². The Bertz CT molecular complexity index is 224. The molecule has 0 amide bonds. The molecule has 2 rings (SSSR count). The molecule has 1 unspecified atom stereocenters. The van der Waals surface area contributed by atoms with Crippen LogP contribution < -0.4 is 0 Å². The third-order valence-corrected chi connectivity index (χ3v) is 3.85. The van der Waals surface area contributed by atoms with Gasteiger partial charge in [-0.1, -0.05) is 19.3 Å². The molecule has 1 saturated carbocycles. The van der Waals surface area contributed by atoms with E-state index in [9.17, 15) is 4.79 Å². The standard InChI is InChI=1S/C12H21NO2/c1-15-12(14)10-7-8-13(9-10)11-5-3-2-4-6-11/h10-11H,2-9H2,1H3. The summed E-state index contributed by atoms with van der Waals surface area (Å²) in [5.74, 6) is 0.116. The molecule has 86 valence electrons. The van der Waals surface area contributed by atoms with Gasteiger partial charge in [-0.05, 0) is 25.8 Å². The molecule has 1 atom stereocenters. The molecule has 0 N–H and O–H groups in total. The van der Waals surface area contributed by atoms with Crippen molar-refractivity contribution in [3.8, 4) is 0 Å². The van der Waals surface area contributed by atoms with Crippen LogP contribution >= 0.6 is 0 Å². The van der Waals surface area contributed by atoms with Crippen molar-refractivity contribution in [2.75, 3.05) is 20.2 Å². The Morgan fingerprint density at radius 1 is 1.20 bits per heavy atom. The summed E-state index contributed by atoms with van der Waals surface area (Å²) in [6, 6.07) is 0.744. The highest BCUT2D eigenvalue weighted by molar-refractivity contribution is 5.72. The van der Waals surface area contributed by atoms with Crippen LogP contribution in [-0.4, -0.2) is 37.1 Å². The Labute approximate surface area is 91.8 Å². The SMILES string of the molecule is COC(=O)C1CCN(C2CCCCC2)C1. The summed E-state index contributed by atoms with van der Waals surface area (Å²) in [6.45, 7) is 2.02. The smallest absolute Gasteiger partial charge is 0.310 e. The predicted octanol–water partition coefficient (Wildman–Crippen LogP) is 1.81. The van der Waals surface area contributed by atoms with Crippen molar-refractivity contribution in [1.82, 2.24) is 4.90 Å². The lowest BCUT2D eigenvalue weighted by molar-refractivity contribution is -0.145. The molecule has 0 radical (unpaired) electrons. The van der Waals surface area contributed by atoms with Crippen LogP contribution in [0.5, 0.6) is 0 Å². The Morgan fingerprint density at radius 3 is 2.60 bits per heavy atom. The van der Waals surface area contributed by atoms with Crippen LogP contribution in [0.15, 0.2) is 0 Å². The van der Waals surface area contributed by atoms with Crippen molar-refractivity contribution in [3.63, 3.8) is 0 Å². The molecule has 15 heavy (non-hydrogen) atoms. The first kappa shape index (κ1) is 10.9. The summed E-state index contributed by atoms with van der Waals surface area (Å²) in [5.41, 5.74) is 0. The molecule has 2 fully saturated rings. The number of carbonyl (C=O) groups excluding carboxylic acids is 1. The third-order valence-electron chi connectivity index (χ3n) is 3.85. The minimum absolute atomic E-state index is 0.0201. The Hall–Kier alpha value is -0.570. The van der Waals surface area contributed by atoms with E-state index in [-0.39, 0.29) is 11.9 Å². The molecule has 1 heterocycles. The first-order valence-electron chi connectivity index (χ1n) is 6.13. The Morgan fingerprint density at radius 2 is 1.93 bits per heavy atom. The first-order valence-corrected chi connectivity index (χ1v) is 6.13. The summed E-state index contributed by atoms with van der Waals surface area (Å²) in [5, 5.41) is 0. The van der Waals surface area contributed by atoms with Gasteiger partial charge in [-0.25, -0.2) is 0 Å². The lowest BCUT2D eigenvalue weighted by atomic mass is 9.94. The highest BCUT2D eigenvalue weighted by atomic mass is 16.5. The maximum atomic E-state index is 11.4. The number of rotatable bonds is 2. The number of hydrogen-bond donors (Lipinski definition) is 0. The molecule has 1 saturated heterocycles. The van der Waals surface area contributed by atoms with Crippen LogP contribution in [0.25, 0.3) is 0 Å². The number of nitrogens with zero attached hydrogens (tertiary/aromatic N) is 1. The Kier molecular flexibility index (Phi) is 3.62. The van der Waals surface area contributed by atoms with Gasteiger partial charge in [-0.2, -0.15) is 0 Å². The fraction of sp³-hybridized carbons (Fsp3) is 0.917. The number of carbonyl (C=O) groups is 1. The van der Waals surface area contributed by atoms with Crippen molar-refractivity contribution in [3.05, 3.63) is 0 Å². The van der Waals surface area contributed by atoms with Gasteiger partial charge < -0.3 is 4.74 Å². The van der Waals surface area contributed by atoms with Gasteiger partial charge in [-0.3, -0.25) is 9.69 Å². The van der Waals surface area contributed by atoms with Crippen LogP contribution in [0.1, 0.15) is 38.5 Å². The van der Waals surface area contributed by atoms with Gasteiger partial charge in [0.25, 0.3) is 0 Å². The summed E-state index contributed by atoms with van der Waals surface area (Å²) in [4.78, 5) is 13.9. The lowest BCUT2D eigenvalue weighted by Gasteiger charge is -2.30. The number of hydrogen-bond acceptors (Lipinski definition) is 3. The molecule has 0 spiro atoms. The molecular weight excluding hydrogens is 190 g/mol. The van der Waals surface area contributed by atoms with Gasteiger partial charge >= 0.3 is 5.97 Å². The fourth-order valence-corrected chi connectivity index (χ4v) is 2.92. The molecule has 0 aromatic carbocycles. The first-order chi connectivity index (χ1) is 7.31. The molecule has 0 bridgehead atoms. The second kappa shape index (κ2) is 4.97. The van der Waals surface area contributed by atoms with Gasteiger partial charge in [0.05, 0.1) is 13.0 Å². The van der Waals surface area contributed by atoms with Crippen molar-refractivity contribution >= 4 is 5.97 Å². The molecular formula is C12H21NO2. The summed E-state index contributed by atoms with van der Waals surface area (Å²) in [6.07, 6.45) is 7.77. The van der Waals surface area contributed by atoms with Crippen molar-refractivity contribution in [2.45, 2.75) is 44.6 Å². The average molecular weight is 211 g/mol. The van der Waals surface area contributed by atoms with E-state index < -0.39 is 0 Å². The van der Waals surface area contributed by atoms with Gasteiger partial charge in [0.1, 0.15) is 0 Å². The number of likely N-dealkylation sites (tertiary alicyclic amines) is 1. The average Bonchev–Trinajstić information content (AvgIpc) is 2.78. The third kappa shape index (κ3) is 2.51. The largest absolute Gasteiger partial charge is 0.469 e. The maximum absolute atomic E-state index is 11.4. The molecule has 3 nitrogen and oxygen atoms in total. The summed E-state index contributed by atoms with van der Waals surface area (Å²) >= 11 is 0. The quantitative estimate of drug-likeness (QED) is 0.652. The van der Waals surface area contributed by atoms with Crippen LogP contribution in [0.2, 0.25) is 0 Å². The number of ether oxygens (including phenoxy) is 1. The van der Waals surface area contributed by atoms with Crippen molar-refractivity contribution in [2.24, 2.45) is 5.92 Å². The van der Waals surface area contributed by atoms with E-state index in [1.165, 1.54) is 39.2 Å². The highest BCUT2D eigenvalue weighted by Crippen LogP contribution is 2.27.